The summed E-state index contributed by atoms with van der Waals surface area (Å²) in [5.41, 5.74) is 0.416. The molecular formula is C14H21N3O4. The molecule has 7 nitrogen and oxygen atoms in total. The Morgan fingerprint density at radius 1 is 1.43 bits per heavy atom. The number of amides is 1. The molecule has 0 aliphatic carbocycles. The number of aromatic nitrogens is 1. The summed E-state index contributed by atoms with van der Waals surface area (Å²) >= 11 is 0. The van der Waals surface area contributed by atoms with Crippen molar-refractivity contribution in [1.29, 1.82) is 0 Å². The third kappa shape index (κ3) is 5.78. The van der Waals surface area contributed by atoms with Gasteiger partial charge < -0.3 is 20.5 Å². The summed E-state index contributed by atoms with van der Waals surface area (Å²) in [6.45, 7) is 2.78. The number of carboxylic acid groups (broad SMARTS) is 1. The van der Waals surface area contributed by atoms with Crippen molar-refractivity contribution in [1.82, 2.24) is 10.3 Å². The molecule has 0 aliphatic rings. The van der Waals surface area contributed by atoms with Gasteiger partial charge in [-0.25, -0.2) is 9.78 Å². The molecular weight excluding hydrogens is 274 g/mol. The maximum atomic E-state index is 11.7. The summed E-state index contributed by atoms with van der Waals surface area (Å²) in [7, 11) is 1.56. The monoisotopic (exact) mass is 295 g/mol. The Morgan fingerprint density at radius 2 is 2.19 bits per heavy atom. The molecule has 0 radical (unpaired) electrons. The van der Waals surface area contributed by atoms with Crippen molar-refractivity contribution in [3.05, 3.63) is 23.9 Å². The quantitative estimate of drug-likeness (QED) is 0.590. The summed E-state index contributed by atoms with van der Waals surface area (Å²) in [5.74, 6) is -0.723. The number of aliphatic carboxylic acids is 1. The second kappa shape index (κ2) is 8.91. The zero-order valence-electron chi connectivity index (χ0n) is 12.3. The van der Waals surface area contributed by atoms with Crippen molar-refractivity contribution in [2.24, 2.45) is 0 Å². The smallest absolute Gasteiger partial charge is 0.326 e. The van der Waals surface area contributed by atoms with Crippen LogP contribution in [0.1, 0.15) is 30.1 Å². The van der Waals surface area contributed by atoms with E-state index < -0.39 is 12.0 Å². The van der Waals surface area contributed by atoms with E-state index in [9.17, 15) is 9.59 Å². The molecule has 1 heterocycles. The van der Waals surface area contributed by atoms with Crippen LogP contribution in [0.25, 0.3) is 0 Å². The minimum absolute atomic E-state index is 0.241. The highest BCUT2D eigenvalue weighted by atomic mass is 16.5. The molecule has 0 spiro atoms. The summed E-state index contributed by atoms with van der Waals surface area (Å²) in [5, 5.41) is 14.6. The first-order valence-electron chi connectivity index (χ1n) is 6.81. The van der Waals surface area contributed by atoms with Gasteiger partial charge >= 0.3 is 5.97 Å². The predicted molar refractivity (Wildman–Crippen MR) is 78.4 cm³/mol. The van der Waals surface area contributed by atoms with Gasteiger partial charge in [0.15, 0.2) is 0 Å². The average Bonchev–Trinajstić information content (AvgIpc) is 2.47. The number of methoxy groups -OCH3 is 1. The standard InChI is InChI=1S/C14H21N3O4/c1-3-4-11(14(19)20)17-12-6-5-10(9-16-12)13(18)15-7-8-21-2/h5-6,9,11H,3-4,7-8H2,1-2H3,(H,15,18)(H,16,17)(H,19,20). The van der Waals surface area contributed by atoms with Crippen LogP contribution in [0.4, 0.5) is 5.82 Å². The third-order valence-electron chi connectivity index (χ3n) is 2.81. The van der Waals surface area contributed by atoms with Crippen LogP contribution in [0.15, 0.2) is 18.3 Å². The van der Waals surface area contributed by atoms with E-state index in [2.05, 4.69) is 15.6 Å². The summed E-state index contributed by atoms with van der Waals surface area (Å²) in [6.07, 6.45) is 2.68. The van der Waals surface area contributed by atoms with Crippen LogP contribution in [0, 0.1) is 0 Å². The van der Waals surface area contributed by atoms with Gasteiger partial charge in [-0.1, -0.05) is 13.3 Å². The Balaban J connectivity index is 2.60. The average molecular weight is 295 g/mol. The van der Waals surface area contributed by atoms with Crippen molar-refractivity contribution in [3.8, 4) is 0 Å². The number of carbonyl (C=O) groups is 2. The van der Waals surface area contributed by atoms with Crippen molar-refractivity contribution < 1.29 is 19.4 Å². The van der Waals surface area contributed by atoms with Crippen LogP contribution in [0.5, 0.6) is 0 Å². The second-order valence-electron chi connectivity index (χ2n) is 4.50. The summed E-state index contributed by atoms with van der Waals surface area (Å²) in [4.78, 5) is 26.9. The highest BCUT2D eigenvalue weighted by molar-refractivity contribution is 5.94. The molecule has 0 aliphatic heterocycles. The lowest BCUT2D eigenvalue weighted by Crippen LogP contribution is -2.29. The number of nitrogens with one attached hydrogen (secondary N) is 2. The van der Waals surface area contributed by atoms with Gasteiger partial charge in [0.25, 0.3) is 5.91 Å². The maximum absolute atomic E-state index is 11.7. The minimum Gasteiger partial charge on any atom is -0.480 e. The lowest BCUT2D eigenvalue weighted by molar-refractivity contribution is -0.138. The van der Waals surface area contributed by atoms with Gasteiger partial charge in [0.05, 0.1) is 12.2 Å². The fourth-order valence-electron chi connectivity index (χ4n) is 1.71. The number of carboxylic acids is 1. The zero-order valence-corrected chi connectivity index (χ0v) is 12.3. The van der Waals surface area contributed by atoms with E-state index in [4.69, 9.17) is 9.84 Å². The fourth-order valence-corrected chi connectivity index (χ4v) is 1.71. The van der Waals surface area contributed by atoms with E-state index in [1.807, 2.05) is 6.92 Å². The molecule has 1 unspecified atom stereocenters. The van der Waals surface area contributed by atoms with Gasteiger partial charge in [-0.2, -0.15) is 0 Å². The predicted octanol–water partition coefficient (Wildman–Crippen LogP) is 1.12. The number of nitrogens with zero attached hydrogens (tertiary/aromatic N) is 1. The molecule has 0 fully saturated rings. The van der Waals surface area contributed by atoms with Crippen LogP contribution in [0.2, 0.25) is 0 Å². The zero-order chi connectivity index (χ0) is 15.7. The first-order valence-corrected chi connectivity index (χ1v) is 6.81. The van der Waals surface area contributed by atoms with Crippen LogP contribution in [-0.4, -0.2) is 48.3 Å². The number of carbonyl (C=O) groups excluding carboxylic acids is 1. The molecule has 116 valence electrons. The largest absolute Gasteiger partial charge is 0.480 e. The number of hydrogen-bond acceptors (Lipinski definition) is 5. The van der Waals surface area contributed by atoms with Gasteiger partial charge in [-0.05, 0) is 18.6 Å². The van der Waals surface area contributed by atoms with Gasteiger partial charge in [0.1, 0.15) is 11.9 Å². The van der Waals surface area contributed by atoms with E-state index >= 15 is 0 Å². The van der Waals surface area contributed by atoms with Crippen molar-refractivity contribution in [3.63, 3.8) is 0 Å². The molecule has 3 N–H and O–H groups in total. The fraction of sp³-hybridized carbons (Fsp3) is 0.500. The molecule has 0 saturated heterocycles. The Hall–Kier alpha value is -2.15. The first kappa shape index (κ1) is 16.9. The molecule has 7 heteroatoms. The molecule has 1 atom stereocenters. The van der Waals surface area contributed by atoms with Gasteiger partial charge in [-0.3, -0.25) is 4.79 Å². The summed E-state index contributed by atoms with van der Waals surface area (Å²) < 4.78 is 4.84. The number of pyridine rings is 1. The van der Waals surface area contributed by atoms with Gasteiger partial charge in [-0.15, -0.1) is 0 Å². The molecule has 1 aromatic rings. The van der Waals surface area contributed by atoms with Gasteiger partial charge in [0, 0.05) is 19.9 Å². The lowest BCUT2D eigenvalue weighted by Gasteiger charge is -2.14. The Kier molecular flexibility index (Phi) is 7.17. The minimum atomic E-state index is -0.917. The van der Waals surface area contributed by atoms with E-state index in [1.165, 1.54) is 6.20 Å². The maximum Gasteiger partial charge on any atom is 0.326 e. The normalized spacial score (nSPS) is 11.7. The van der Waals surface area contributed by atoms with Crippen molar-refractivity contribution >= 4 is 17.7 Å². The number of rotatable bonds is 9. The lowest BCUT2D eigenvalue weighted by atomic mass is 10.1. The van der Waals surface area contributed by atoms with Crippen molar-refractivity contribution in [2.45, 2.75) is 25.8 Å². The van der Waals surface area contributed by atoms with E-state index in [0.717, 1.165) is 6.42 Å². The third-order valence-corrected chi connectivity index (χ3v) is 2.81. The number of anilines is 1. The number of hydrogen-bond donors (Lipinski definition) is 3. The second-order valence-corrected chi connectivity index (χ2v) is 4.50. The Labute approximate surface area is 123 Å². The highest BCUT2D eigenvalue weighted by Crippen LogP contribution is 2.09. The summed E-state index contributed by atoms with van der Waals surface area (Å²) in [6, 6.07) is 2.52. The van der Waals surface area contributed by atoms with E-state index in [-0.39, 0.29) is 5.91 Å². The molecule has 1 amide bonds. The van der Waals surface area contributed by atoms with Crippen LogP contribution in [-0.2, 0) is 9.53 Å². The molecule has 0 bridgehead atoms. The molecule has 0 aromatic carbocycles. The first-order chi connectivity index (χ1) is 10.1. The van der Waals surface area contributed by atoms with Crippen molar-refractivity contribution in [2.75, 3.05) is 25.6 Å². The SMILES string of the molecule is CCCC(Nc1ccc(C(=O)NCCOC)cn1)C(=O)O. The van der Waals surface area contributed by atoms with Crippen LogP contribution >= 0.6 is 0 Å². The Morgan fingerprint density at radius 3 is 2.71 bits per heavy atom. The topological polar surface area (TPSA) is 101 Å². The van der Waals surface area contributed by atoms with Crippen LogP contribution < -0.4 is 10.6 Å². The highest BCUT2D eigenvalue weighted by Gasteiger charge is 2.16. The molecule has 0 saturated carbocycles. The number of ether oxygens (including phenoxy) is 1. The molecule has 21 heavy (non-hydrogen) atoms. The van der Waals surface area contributed by atoms with Gasteiger partial charge in [0.2, 0.25) is 0 Å². The molecule has 1 aromatic heterocycles. The van der Waals surface area contributed by atoms with Crippen LogP contribution in [0.3, 0.4) is 0 Å². The van der Waals surface area contributed by atoms with E-state index in [1.54, 1.807) is 19.2 Å². The Bertz CT molecular complexity index is 462. The van der Waals surface area contributed by atoms with E-state index in [0.29, 0.717) is 31.0 Å². The molecule has 1 rings (SSSR count).